The predicted octanol–water partition coefficient (Wildman–Crippen LogP) is 3.03. The van der Waals surface area contributed by atoms with Gasteiger partial charge >= 0.3 is 0 Å². The summed E-state index contributed by atoms with van der Waals surface area (Å²) in [5.41, 5.74) is 7.24. The Kier molecular flexibility index (Phi) is 2.70. The van der Waals surface area contributed by atoms with E-state index in [0.29, 0.717) is 0 Å². The number of fused-ring (bicyclic) bond motifs is 1. The van der Waals surface area contributed by atoms with Crippen molar-refractivity contribution in [2.75, 3.05) is 0 Å². The first-order valence-electron chi connectivity index (χ1n) is 5.68. The zero-order valence-electron chi connectivity index (χ0n) is 9.49. The smallest absolute Gasteiger partial charge is 0.124 e. The zero-order chi connectivity index (χ0) is 10.9. The Labute approximate surface area is 91.4 Å². The Morgan fingerprint density at radius 1 is 1.47 bits per heavy atom. The third-order valence-electron chi connectivity index (χ3n) is 3.11. The molecule has 1 aliphatic rings. The van der Waals surface area contributed by atoms with Gasteiger partial charge < -0.3 is 10.5 Å². The number of para-hydroxylation sites is 1. The first kappa shape index (κ1) is 10.5. The van der Waals surface area contributed by atoms with Crippen LogP contribution in [-0.4, -0.2) is 5.60 Å². The summed E-state index contributed by atoms with van der Waals surface area (Å²) < 4.78 is 6.05. The summed E-state index contributed by atoms with van der Waals surface area (Å²) >= 11 is 0. The molecular weight excluding hydrogens is 186 g/mol. The van der Waals surface area contributed by atoms with Gasteiger partial charge in [0.25, 0.3) is 0 Å². The molecule has 0 fully saturated rings. The van der Waals surface area contributed by atoms with Gasteiger partial charge in [-0.2, -0.15) is 0 Å². The van der Waals surface area contributed by atoms with E-state index in [-0.39, 0.29) is 11.6 Å². The molecule has 0 aromatic heterocycles. The van der Waals surface area contributed by atoms with E-state index in [4.69, 9.17) is 10.5 Å². The first-order valence-corrected chi connectivity index (χ1v) is 5.68. The van der Waals surface area contributed by atoms with Crippen LogP contribution in [0.1, 0.15) is 44.7 Å². The van der Waals surface area contributed by atoms with Crippen molar-refractivity contribution in [2.45, 2.75) is 44.8 Å². The molecule has 0 saturated carbocycles. The molecule has 1 aromatic rings. The van der Waals surface area contributed by atoms with Crippen LogP contribution in [0.15, 0.2) is 24.3 Å². The van der Waals surface area contributed by atoms with Crippen LogP contribution in [0.25, 0.3) is 0 Å². The SMILES string of the molecule is CCCC1(C)C[C@H](N)c2ccccc2O1. The molecule has 2 heteroatoms. The van der Waals surface area contributed by atoms with Crippen molar-refractivity contribution < 1.29 is 4.74 Å². The molecular formula is C13H19NO. The molecule has 0 spiro atoms. The second-order valence-corrected chi connectivity index (χ2v) is 4.65. The number of ether oxygens (including phenoxy) is 1. The lowest BCUT2D eigenvalue weighted by molar-refractivity contribution is 0.0449. The minimum atomic E-state index is -0.0808. The van der Waals surface area contributed by atoms with Gasteiger partial charge in [0.05, 0.1) is 0 Å². The van der Waals surface area contributed by atoms with Crippen molar-refractivity contribution in [2.24, 2.45) is 5.73 Å². The van der Waals surface area contributed by atoms with Gasteiger partial charge in [-0.15, -0.1) is 0 Å². The Morgan fingerprint density at radius 2 is 2.20 bits per heavy atom. The van der Waals surface area contributed by atoms with Gasteiger partial charge in [0, 0.05) is 18.0 Å². The quantitative estimate of drug-likeness (QED) is 0.805. The molecule has 15 heavy (non-hydrogen) atoms. The predicted molar refractivity (Wildman–Crippen MR) is 61.9 cm³/mol. The molecule has 2 nitrogen and oxygen atoms in total. The molecule has 0 saturated heterocycles. The van der Waals surface area contributed by atoms with Crippen molar-refractivity contribution in [3.05, 3.63) is 29.8 Å². The lowest BCUT2D eigenvalue weighted by Crippen LogP contribution is -2.40. The highest BCUT2D eigenvalue weighted by Gasteiger charge is 2.34. The van der Waals surface area contributed by atoms with E-state index >= 15 is 0 Å². The second kappa shape index (κ2) is 3.86. The lowest BCUT2D eigenvalue weighted by Gasteiger charge is -2.38. The zero-order valence-corrected chi connectivity index (χ0v) is 9.49. The Morgan fingerprint density at radius 3 is 2.93 bits per heavy atom. The Balaban J connectivity index is 2.29. The molecule has 1 aliphatic heterocycles. The van der Waals surface area contributed by atoms with Crippen LogP contribution in [0.5, 0.6) is 5.75 Å². The minimum Gasteiger partial charge on any atom is -0.487 e. The number of rotatable bonds is 2. The second-order valence-electron chi connectivity index (χ2n) is 4.65. The topological polar surface area (TPSA) is 35.2 Å². The number of nitrogens with two attached hydrogens (primary N) is 1. The van der Waals surface area contributed by atoms with Crippen LogP contribution < -0.4 is 10.5 Å². The highest BCUT2D eigenvalue weighted by atomic mass is 16.5. The molecule has 1 aromatic carbocycles. The molecule has 0 bridgehead atoms. The van der Waals surface area contributed by atoms with Crippen LogP contribution in [0.3, 0.4) is 0 Å². The highest BCUT2D eigenvalue weighted by molar-refractivity contribution is 5.38. The van der Waals surface area contributed by atoms with E-state index < -0.39 is 0 Å². The molecule has 1 unspecified atom stereocenters. The maximum Gasteiger partial charge on any atom is 0.124 e. The molecule has 2 rings (SSSR count). The molecule has 1 heterocycles. The van der Waals surface area contributed by atoms with Gasteiger partial charge in [0.15, 0.2) is 0 Å². The normalized spacial score (nSPS) is 29.4. The third-order valence-corrected chi connectivity index (χ3v) is 3.11. The molecule has 2 N–H and O–H groups in total. The average molecular weight is 205 g/mol. The highest BCUT2D eigenvalue weighted by Crippen LogP contribution is 2.39. The van der Waals surface area contributed by atoms with E-state index in [1.165, 1.54) is 0 Å². The van der Waals surface area contributed by atoms with Crippen LogP contribution in [-0.2, 0) is 0 Å². The van der Waals surface area contributed by atoms with Crippen LogP contribution in [0.2, 0.25) is 0 Å². The molecule has 0 aliphatic carbocycles. The summed E-state index contributed by atoms with van der Waals surface area (Å²) in [4.78, 5) is 0. The van der Waals surface area contributed by atoms with E-state index in [1.807, 2.05) is 18.2 Å². The largest absolute Gasteiger partial charge is 0.487 e. The van der Waals surface area contributed by atoms with E-state index in [2.05, 4.69) is 19.9 Å². The minimum absolute atomic E-state index is 0.0808. The summed E-state index contributed by atoms with van der Waals surface area (Å²) in [7, 11) is 0. The fraction of sp³-hybridized carbons (Fsp3) is 0.538. The van der Waals surface area contributed by atoms with E-state index in [9.17, 15) is 0 Å². The molecule has 0 amide bonds. The standard InChI is InChI=1S/C13H19NO/c1-3-8-13(2)9-11(14)10-6-4-5-7-12(10)15-13/h4-7,11H,3,8-9,14H2,1-2H3/t11-,13?/m0/s1. The summed E-state index contributed by atoms with van der Waals surface area (Å²) in [5.74, 6) is 0.965. The number of benzene rings is 1. The Hall–Kier alpha value is -1.02. The van der Waals surface area contributed by atoms with Crippen LogP contribution >= 0.6 is 0 Å². The van der Waals surface area contributed by atoms with Crippen molar-refractivity contribution in [1.29, 1.82) is 0 Å². The fourth-order valence-corrected chi connectivity index (χ4v) is 2.44. The maximum absolute atomic E-state index is 6.17. The lowest BCUT2D eigenvalue weighted by atomic mass is 9.86. The monoisotopic (exact) mass is 205 g/mol. The maximum atomic E-state index is 6.17. The number of hydrogen-bond acceptors (Lipinski definition) is 2. The molecule has 0 radical (unpaired) electrons. The van der Waals surface area contributed by atoms with Crippen molar-refractivity contribution in [3.8, 4) is 5.75 Å². The van der Waals surface area contributed by atoms with E-state index in [0.717, 1.165) is 30.6 Å². The van der Waals surface area contributed by atoms with Crippen LogP contribution in [0.4, 0.5) is 0 Å². The van der Waals surface area contributed by atoms with Gasteiger partial charge in [-0.3, -0.25) is 0 Å². The summed E-state index contributed by atoms with van der Waals surface area (Å²) in [5, 5.41) is 0. The van der Waals surface area contributed by atoms with Crippen molar-refractivity contribution in [3.63, 3.8) is 0 Å². The molecule has 82 valence electrons. The van der Waals surface area contributed by atoms with Gasteiger partial charge in [-0.25, -0.2) is 0 Å². The van der Waals surface area contributed by atoms with Crippen LogP contribution in [0, 0.1) is 0 Å². The van der Waals surface area contributed by atoms with Gasteiger partial charge in [-0.05, 0) is 19.4 Å². The summed E-state index contributed by atoms with van der Waals surface area (Å²) in [6.45, 7) is 4.34. The fourth-order valence-electron chi connectivity index (χ4n) is 2.44. The van der Waals surface area contributed by atoms with Gasteiger partial charge in [0.1, 0.15) is 11.4 Å². The summed E-state index contributed by atoms with van der Waals surface area (Å²) in [6, 6.07) is 8.22. The molecule has 2 atom stereocenters. The first-order chi connectivity index (χ1) is 7.14. The van der Waals surface area contributed by atoms with Crippen molar-refractivity contribution >= 4 is 0 Å². The number of hydrogen-bond donors (Lipinski definition) is 1. The van der Waals surface area contributed by atoms with Gasteiger partial charge in [-0.1, -0.05) is 31.5 Å². The van der Waals surface area contributed by atoms with Crippen molar-refractivity contribution in [1.82, 2.24) is 0 Å². The Bertz CT molecular complexity index is 350. The third kappa shape index (κ3) is 2.00. The van der Waals surface area contributed by atoms with Gasteiger partial charge in [0.2, 0.25) is 0 Å². The average Bonchev–Trinajstić information content (AvgIpc) is 2.17. The van der Waals surface area contributed by atoms with E-state index in [1.54, 1.807) is 0 Å². The summed E-state index contributed by atoms with van der Waals surface area (Å²) in [6.07, 6.45) is 3.11.